The number of alkyl halides is 3. The van der Waals surface area contributed by atoms with E-state index in [4.69, 9.17) is 0 Å². The van der Waals surface area contributed by atoms with E-state index < -0.39 is 17.3 Å². The van der Waals surface area contributed by atoms with Crippen molar-refractivity contribution in [2.45, 2.75) is 39.0 Å². The van der Waals surface area contributed by atoms with Gasteiger partial charge in [0.25, 0.3) is 0 Å². The van der Waals surface area contributed by atoms with E-state index in [1.807, 2.05) is 6.92 Å². The molecule has 0 radical (unpaired) electrons. The molecule has 0 bridgehead atoms. The third kappa shape index (κ3) is 3.36. The van der Waals surface area contributed by atoms with Gasteiger partial charge in [0.2, 0.25) is 0 Å². The summed E-state index contributed by atoms with van der Waals surface area (Å²) in [6.07, 6.45) is -0.478. The van der Waals surface area contributed by atoms with Crippen molar-refractivity contribution in [2.75, 3.05) is 0 Å². The second kappa shape index (κ2) is 5.25. The van der Waals surface area contributed by atoms with Crippen LogP contribution in [0, 0.1) is 11.8 Å². The molecule has 0 saturated carbocycles. The molecule has 0 fully saturated rings. The van der Waals surface area contributed by atoms with Crippen LogP contribution in [0.4, 0.5) is 13.2 Å². The number of nitrogens with zero attached hydrogens (tertiary/aromatic N) is 1. The summed E-state index contributed by atoms with van der Waals surface area (Å²) < 4.78 is 37.5. The van der Waals surface area contributed by atoms with Gasteiger partial charge in [-0.3, -0.25) is 0 Å². The van der Waals surface area contributed by atoms with E-state index in [0.717, 1.165) is 19.0 Å². The Morgan fingerprint density at radius 1 is 1.47 bits per heavy atom. The summed E-state index contributed by atoms with van der Waals surface area (Å²) in [6.45, 7) is 4.04. The molecule has 2 nitrogen and oxygen atoms in total. The first-order chi connectivity index (χ1) is 8.77. The molecule has 1 N–H and O–H groups in total. The van der Waals surface area contributed by atoms with Gasteiger partial charge in [0, 0.05) is 6.20 Å². The highest BCUT2D eigenvalue weighted by molar-refractivity contribution is 7.11. The maximum Gasteiger partial charge on any atom is 0.443 e. The minimum atomic E-state index is -4.43. The van der Waals surface area contributed by atoms with Crippen molar-refractivity contribution in [3.63, 3.8) is 0 Å². The van der Waals surface area contributed by atoms with Crippen molar-refractivity contribution in [2.24, 2.45) is 11.8 Å². The quantitative estimate of drug-likeness (QED) is 0.829. The maximum atomic E-state index is 12.5. The lowest BCUT2D eigenvalue weighted by molar-refractivity contribution is -0.137. The molecule has 1 aliphatic rings. The number of aromatic nitrogens is 1. The van der Waals surface area contributed by atoms with Crippen LogP contribution in [0.15, 0.2) is 17.8 Å². The topological polar surface area (TPSA) is 33.1 Å². The van der Waals surface area contributed by atoms with Crippen LogP contribution >= 0.6 is 11.3 Å². The monoisotopic (exact) mass is 291 g/mol. The zero-order valence-electron chi connectivity index (χ0n) is 10.7. The lowest BCUT2D eigenvalue weighted by Crippen LogP contribution is -2.18. The van der Waals surface area contributed by atoms with Crippen LogP contribution in [0.3, 0.4) is 0 Å². The van der Waals surface area contributed by atoms with Crippen LogP contribution < -0.4 is 0 Å². The van der Waals surface area contributed by atoms with E-state index in [1.165, 1.54) is 5.57 Å². The molecule has 3 unspecified atom stereocenters. The van der Waals surface area contributed by atoms with E-state index in [-0.39, 0.29) is 5.92 Å². The second-order valence-corrected chi connectivity index (χ2v) is 6.26. The van der Waals surface area contributed by atoms with E-state index >= 15 is 0 Å². The second-order valence-electron chi connectivity index (χ2n) is 5.20. The van der Waals surface area contributed by atoms with Crippen molar-refractivity contribution in [3.05, 3.63) is 27.7 Å². The van der Waals surface area contributed by atoms with Crippen LogP contribution in [0.25, 0.3) is 0 Å². The highest BCUT2D eigenvalue weighted by Gasteiger charge is 2.36. The summed E-state index contributed by atoms with van der Waals surface area (Å²) >= 11 is 0.538. The summed E-state index contributed by atoms with van der Waals surface area (Å²) in [5, 5.41) is 9.34. The van der Waals surface area contributed by atoms with Crippen LogP contribution in [0.1, 0.15) is 42.7 Å². The number of hydrogen-bond donors (Lipinski definition) is 1. The Bertz CT molecular complexity index is 480. The molecule has 0 aromatic carbocycles. The molecule has 1 aromatic heterocycles. The van der Waals surface area contributed by atoms with E-state index in [1.54, 1.807) is 0 Å². The first-order valence-corrected chi connectivity index (χ1v) is 6.97. The van der Waals surface area contributed by atoms with Gasteiger partial charge >= 0.3 is 6.18 Å². The minimum Gasteiger partial charge on any atom is -0.387 e. The Kier molecular flexibility index (Phi) is 4.01. The summed E-state index contributed by atoms with van der Waals surface area (Å²) in [5.41, 5.74) is 1.18. The molecule has 6 heteroatoms. The van der Waals surface area contributed by atoms with Gasteiger partial charge in [-0.25, -0.2) is 4.98 Å². The highest BCUT2D eigenvalue weighted by Crippen LogP contribution is 2.40. The molecule has 1 aliphatic carbocycles. The molecule has 0 saturated heterocycles. The summed E-state index contributed by atoms with van der Waals surface area (Å²) in [7, 11) is 0. The van der Waals surface area contributed by atoms with Crippen LogP contribution in [0.5, 0.6) is 0 Å². The van der Waals surface area contributed by atoms with Crippen molar-refractivity contribution in [1.82, 2.24) is 4.98 Å². The fourth-order valence-electron chi connectivity index (χ4n) is 2.62. The van der Waals surface area contributed by atoms with Crippen molar-refractivity contribution >= 4 is 11.3 Å². The normalized spacial score (nSPS) is 26.1. The largest absolute Gasteiger partial charge is 0.443 e. The zero-order chi connectivity index (χ0) is 14.2. The predicted octanol–water partition coefficient (Wildman–Crippen LogP) is 4.19. The van der Waals surface area contributed by atoms with Gasteiger partial charge in [-0.05, 0) is 31.6 Å². The van der Waals surface area contributed by atoms with Crippen molar-refractivity contribution < 1.29 is 18.3 Å². The molecule has 1 heterocycles. The van der Waals surface area contributed by atoms with Gasteiger partial charge in [-0.2, -0.15) is 13.2 Å². The Balaban J connectivity index is 2.14. The number of aliphatic hydroxyl groups excluding tert-OH is 1. The number of allylic oxidation sites excluding steroid dienone is 2. The Hall–Kier alpha value is -0.880. The molecule has 2 rings (SSSR count). The molecule has 0 aliphatic heterocycles. The lowest BCUT2D eigenvalue weighted by atomic mass is 9.80. The van der Waals surface area contributed by atoms with Gasteiger partial charge in [0.05, 0.1) is 11.0 Å². The van der Waals surface area contributed by atoms with Gasteiger partial charge in [0.15, 0.2) is 5.01 Å². The third-order valence-electron chi connectivity index (χ3n) is 3.33. The zero-order valence-corrected chi connectivity index (χ0v) is 11.6. The number of halogens is 3. The molecular formula is C13H16F3NOS. The van der Waals surface area contributed by atoms with Crippen LogP contribution in [0.2, 0.25) is 0 Å². The molecular weight excluding hydrogens is 275 g/mol. The van der Waals surface area contributed by atoms with Crippen molar-refractivity contribution in [1.29, 1.82) is 0 Å². The maximum absolute atomic E-state index is 12.5. The van der Waals surface area contributed by atoms with Crippen molar-refractivity contribution in [3.8, 4) is 0 Å². The first kappa shape index (κ1) is 14.5. The van der Waals surface area contributed by atoms with Gasteiger partial charge in [-0.15, -0.1) is 11.3 Å². The number of hydrogen-bond acceptors (Lipinski definition) is 3. The summed E-state index contributed by atoms with van der Waals surface area (Å²) in [5.74, 6) is 0.324. The number of aliphatic hydroxyl groups is 1. The molecule has 19 heavy (non-hydrogen) atoms. The Morgan fingerprint density at radius 2 is 2.16 bits per heavy atom. The smallest absolute Gasteiger partial charge is 0.387 e. The summed E-state index contributed by atoms with van der Waals surface area (Å²) in [4.78, 5) is 3.67. The van der Waals surface area contributed by atoms with Gasteiger partial charge in [0.1, 0.15) is 0 Å². The average Bonchev–Trinajstić information content (AvgIpc) is 2.75. The fourth-order valence-corrected chi connectivity index (χ4v) is 3.49. The van der Waals surface area contributed by atoms with E-state index in [0.29, 0.717) is 22.1 Å². The predicted molar refractivity (Wildman–Crippen MR) is 67.7 cm³/mol. The Morgan fingerprint density at radius 3 is 2.68 bits per heavy atom. The SMILES string of the molecule is CC1=CC(C)CC(C(O)c2cnc(C(F)(F)F)s2)C1. The minimum absolute atomic E-state index is 0.0264. The lowest BCUT2D eigenvalue weighted by Gasteiger charge is -2.28. The Labute approximate surface area is 114 Å². The van der Waals surface area contributed by atoms with Gasteiger partial charge < -0.3 is 5.11 Å². The third-order valence-corrected chi connectivity index (χ3v) is 4.44. The molecule has 106 valence electrons. The number of rotatable bonds is 2. The molecule has 1 aromatic rings. The van der Waals surface area contributed by atoms with E-state index in [9.17, 15) is 18.3 Å². The van der Waals surface area contributed by atoms with Crippen LogP contribution in [-0.4, -0.2) is 10.1 Å². The average molecular weight is 291 g/mol. The standard InChI is InChI=1S/C13H16F3NOS/c1-7-3-8(2)5-9(4-7)11(18)10-6-17-12(19-10)13(14,15)16/h3,6-7,9,11,18H,4-5H2,1-2H3. The highest BCUT2D eigenvalue weighted by atomic mass is 32.1. The molecule has 0 spiro atoms. The van der Waals surface area contributed by atoms with E-state index in [2.05, 4.69) is 18.0 Å². The first-order valence-electron chi connectivity index (χ1n) is 6.15. The molecule has 3 atom stereocenters. The van der Waals surface area contributed by atoms with Gasteiger partial charge in [-0.1, -0.05) is 18.6 Å². The summed E-state index contributed by atoms with van der Waals surface area (Å²) in [6, 6.07) is 0. The molecule has 0 amide bonds. The van der Waals surface area contributed by atoms with Crippen LogP contribution in [-0.2, 0) is 6.18 Å². The fraction of sp³-hybridized carbons (Fsp3) is 0.615. The number of thiazole rings is 1.